The minimum absolute atomic E-state index is 0.00933. The molecule has 0 aliphatic carbocycles. The molecule has 0 spiro atoms. The Hall–Kier alpha value is -3.86. The lowest BCUT2D eigenvalue weighted by Gasteiger charge is -2.39. The van der Waals surface area contributed by atoms with Gasteiger partial charge in [0.05, 0.1) is 24.7 Å². The molecular weight excluding hydrogens is 485 g/mol. The summed E-state index contributed by atoms with van der Waals surface area (Å²) in [6, 6.07) is 9.99. The number of halogens is 3. The molecule has 4 aromatic rings. The second-order valence-corrected chi connectivity index (χ2v) is 9.30. The molecule has 11 heteroatoms. The molecule has 2 fully saturated rings. The van der Waals surface area contributed by atoms with Gasteiger partial charge in [-0.3, -0.25) is 4.79 Å². The predicted molar refractivity (Wildman–Crippen MR) is 132 cm³/mol. The zero-order chi connectivity index (χ0) is 25.5. The van der Waals surface area contributed by atoms with Crippen molar-refractivity contribution >= 4 is 33.8 Å². The van der Waals surface area contributed by atoms with E-state index in [9.17, 15) is 18.0 Å². The Bertz CT molecular complexity index is 1460. The summed E-state index contributed by atoms with van der Waals surface area (Å²) >= 11 is 0. The van der Waals surface area contributed by atoms with Crippen LogP contribution in [0.2, 0.25) is 0 Å². The smallest absolute Gasteiger partial charge is 0.266 e. The van der Waals surface area contributed by atoms with Gasteiger partial charge in [0.25, 0.3) is 6.43 Å². The van der Waals surface area contributed by atoms with E-state index in [0.717, 1.165) is 22.5 Å². The van der Waals surface area contributed by atoms with Gasteiger partial charge in [0, 0.05) is 67.1 Å². The SMILES string of the molecule is O=C(C1COC1)N1CCN(c2ccc3c(c2)c(NCc2cccc(C(F)F)c2F)nn2ccnc32)CC1. The number of hydrogen-bond acceptors (Lipinski definition) is 6. The Labute approximate surface area is 210 Å². The fraction of sp³-hybridized carbons (Fsp3) is 0.346. The van der Waals surface area contributed by atoms with Crippen LogP contribution < -0.4 is 10.2 Å². The van der Waals surface area contributed by atoms with Crippen LogP contribution in [0.15, 0.2) is 48.8 Å². The number of carbonyl (C=O) groups excluding carboxylic acids is 1. The largest absolute Gasteiger partial charge is 0.380 e. The molecule has 37 heavy (non-hydrogen) atoms. The Balaban J connectivity index is 1.27. The van der Waals surface area contributed by atoms with Gasteiger partial charge in [0.1, 0.15) is 5.82 Å². The zero-order valence-corrected chi connectivity index (χ0v) is 19.9. The summed E-state index contributed by atoms with van der Waals surface area (Å²) in [6.07, 6.45) is 0.478. The molecule has 192 valence electrons. The van der Waals surface area contributed by atoms with Crippen molar-refractivity contribution in [2.75, 3.05) is 49.6 Å². The van der Waals surface area contributed by atoms with Crippen LogP contribution in [0.3, 0.4) is 0 Å². The first-order valence-corrected chi connectivity index (χ1v) is 12.2. The average Bonchev–Trinajstić information content (AvgIpc) is 3.35. The molecule has 4 heterocycles. The molecule has 0 unspecified atom stereocenters. The van der Waals surface area contributed by atoms with E-state index in [1.165, 1.54) is 12.1 Å². The lowest BCUT2D eigenvalue weighted by atomic mass is 10.1. The molecule has 2 aromatic heterocycles. The molecule has 2 aliphatic heterocycles. The zero-order valence-electron chi connectivity index (χ0n) is 19.9. The Morgan fingerprint density at radius 3 is 2.65 bits per heavy atom. The number of nitrogens with zero attached hydrogens (tertiary/aromatic N) is 5. The number of aromatic nitrogens is 3. The van der Waals surface area contributed by atoms with Gasteiger partial charge < -0.3 is 19.9 Å². The van der Waals surface area contributed by atoms with E-state index in [0.29, 0.717) is 50.9 Å². The van der Waals surface area contributed by atoms with Crippen molar-refractivity contribution in [2.45, 2.75) is 13.0 Å². The highest BCUT2D eigenvalue weighted by Crippen LogP contribution is 2.31. The first kappa shape index (κ1) is 23.5. The highest BCUT2D eigenvalue weighted by Gasteiger charge is 2.32. The summed E-state index contributed by atoms with van der Waals surface area (Å²) in [5, 5.41) is 9.39. The number of amides is 1. The minimum Gasteiger partial charge on any atom is -0.380 e. The van der Waals surface area contributed by atoms with Crippen molar-refractivity contribution in [3.8, 4) is 0 Å². The van der Waals surface area contributed by atoms with Crippen LogP contribution in [-0.4, -0.2) is 64.8 Å². The topological polar surface area (TPSA) is 75.0 Å². The number of fused-ring (bicyclic) bond motifs is 3. The normalized spacial score (nSPS) is 16.5. The van der Waals surface area contributed by atoms with E-state index in [1.807, 2.05) is 23.1 Å². The molecule has 0 bridgehead atoms. The molecule has 0 saturated carbocycles. The van der Waals surface area contributed by atoms with Gasteiger partial charge >= 0.3 is 0 Å². The Kier molecular flexibility index (Phi) is 6.07. The molecule has 8 nitrogen and oxygen atoms in total. The summed E-state index contributed by atoms with van der Waals surface area (Å²) in [4.78, 5) is 21.1. The van der Waals surface area contributed by atoms with Gasteiger partial charge in [-0.1, -0.05) is 18.2 Å². The molecule has 2 saturated heterocycles. The number of piperazine rings is 1. The van der Waals surface area contributed by atoms with E-state index in [-0.39, 0.29) is 23.9 Å². The second-order valence-electron chi connectivity index (χ2n) is 9.30. The first-order valence-electron chi connectivity index (χ1n) is 12.2. The van der Waals surface area contributed by atoms with E-state index in [4.69, 9.17) is 4.74 Å². The van der Waals surface area contributed by atoms with Crippen LogP contribution >= 0.6 is 0 Å². The molecule has 1 amide bonds. The van der Waals surface area contributed by atoms with Gasteiger partial charge in [-0.2, -0.15) is 0 Å². The highest BCUT2D eigenvalue weighted by atomic mass is 19.3. The van der Waals surface area contributed by atoms with Crippen LogP contribution in [0.4, 0.5) is 24.7 Å². The number of hydrogen-bond donors (Lipinski definition) is 1. The van der Waals surface area contributed by atoms with Gasteiger partial charge in [0.2, 0.25) is 5.91 Å². The first-order chi connectivity index (χ1) is 18.0. The number of nitrogens with one attached hydrogen (secondary N) is 1. The molecule has 1 N–H and O–H groups in total. The number of benzene rings is 2. The monoisotopic (exact) mass is 510 g/mol. The average molecular weight is 511 g/mol. The number of rotatable bonds is 6. The standard InChI is InChI=1S/C26H25F3N6O2/c27-22-16(2-1-3-20(22)23(28)29)13-31-24-21-12-18(4-5-19(21)25-30-6-7-35(25)32-24)33-8-10-34(11-9-33)26(36)17-14-37-15-17/h1-7,12,17,23H,8-11,13-15H2,(H,31,32). The molecule has 2 aliphatic rings. The maximum absolute atomic E-state index is 14.6. The van der Waals surface area contributed by atoms with Crippen LogP contribution in [0, 0.1) is 11.7 Å². The molecule has 6 rings (SSSR count). The lowest BCUT2D eigenvalue weighted by molar-refractivity contribution is -0.150. The number of imidazole rings is 1. The van der Waals surface area contributed by atoms with Gasteiger partial charge in [-0.25, -0.2) is 22.7 Å². The molecular formula is C26H25F3N6O2. The number of ether oxygens (including phenoxy) is 1. The van der Waals surface area contributed by atoms with Gasteiger partial charge in [-0.15, -0.1) is 5.10 Å². The van der Waals surface area contributed by atoms with Crippen molar-refractivity contribution in [1.29, 1.82) is 0 Å². The number of alkyl halides is 2. The van der Waals surface area contributed by atoms with E-state index in [1.54, 1.807) is 16.9 Å². The van der Waals surface area contributed by atoms with Crippen LogP contribution in [0.5, 0.6) is 0 Å². The van der Waals surface area contributed by atoms with Crippen molar-refractivity contribution in [3.05, 3.63) is 65.7 Å². The second kappa shape index (κ2) is 9.55. The quantitative estimate of drug-likeness (QED) is 0.425. The maximum Gasteiger partial charge on any atom is 0.266 e. The van der Waals surface area contributed by atoms with Crippen molar-refractivity contribution < 1.29 is 22.7 Å². The van der Waals surface area contributed by atoms with Gasteiger partial charge in [-0.05, 0) is 18.2 Å². The summed E-state index contributed by atoms with van der Waals surface area (Å²) in [7, 11) is 0. The van der Waals surface area contributed by atoms with Crippen LogP contribution in [-0.2, 0) is 16.1 Å². The third-order valence-electron chi connectivity index (χ3n) is 7.06. The number of anilines is 2. The highest BCUT2D eigenvalue weighted by molar-refractivity contribution is 6.01. The predicted octanol–water partition coefficient (Wildman–Crippen LogP) is 3.87. The van der Waals surface area contributed by atoms with Crippen molar-refractivity contribution in [2.24, 2.45) is 5.92 Å². The third kappa shape index (κ3) is 4.33. The number of carbonyl (C=O) groups is 1. The Morgan fingerprint density at radius 1 is 1.11 bits per heavy atom. The van der Waals surface area contributed by atoms with Gasteiger partial charge in [0.15, 0.2) is 11.5 Å². The van der Waals surface area contributed by atoms with Crippen molar-refractivity contribution in [3.63, 3.8) is 0 Å². The molecule has 0 atom stereocenters. The summed E-state index contributed by atoms with van der Waals surface area (Å²) < 4.78 is 47.7. The van der Waals surface area contributed by atoms with E-state index < -0.39 is 17.8 Å². The molecule has 0 radical (unpaired) electrons. The third-order valence-corrected chi connectivity index (χ3v) is 7.06. The van der Waals surface area contributed by atoms with Crippen LogP contribution in [0.25, 0.3) is 16.4 Å². The fourth-order valence-corrected chi connectivity index (χ4v) is 4.89. The van der Waals surface area contributed by atoms with Crippen molar-refractivity contribution in [1.82, 2.24) is 19.5 Å². The summed E-state index contributed by atoms with van der Waals surface area (Å²) in [5.41, 5.74) is 1.16. The Morgan fingerprint density at radius 2 is 1.92 bits per heavy atom. The summed E-state index contributed by atoms with van der Waals surface area (Å²) in [5.74, 6) is -0.289. The molecule has 2 aromatic carbocycles. The van der Waals surface area contributed by atoms with E-state index in [2.05, 4.69) is 20.3 Å². The maximum atomic E-state index is 14.6. The summed E-state index contributed by atoms with van der Waals surface area (Å²) in [6.45, 7) is 3.66. The van der Waals surface area contributed by atoms with E-state index >= 15 is 0 Å². The fourth-order valence-electron chi connectivity index (χ4n) is 4.89. The minimum atomic E-state index is -2.89. The van der Waals surface area contributed by atoms with Crippen LogP contribution in [0.1, 0.15) is 17.6 Å². The lowest BCUT2D eigenvalue weighted by Crippen LogP contribution is -2.53.